The minimum Gasteiger partial charge on any atom is -0.490 e. The molecule has 1 fully saturated rings. The third kappa shape index (κ3) is 5.13. The summed E-state index contributed by atoms with van der Waals surface area (Å²) < 4.78 is 39.2. The predicted octanol–water partition coefficient (Wildman–Crippen LogP) is 3.99. The molecule has 0 bridgehead atoms. The van der Waals surface area contributed by atoms with E-state index in [0.717, 1.165) is 30.5 Å². The van der Waals surface area contributed by atoms with Gasteiger partial charge in [0, 0.05) is 42.4 Å². The maximum atomic E-state index is 14.4. The third-order valence-electron chi connectivity index (χ3n) is 6.31. The Morgan fingerprint density at radius 2 is 1.92 bits per heavy atom. The lowest BCUT2D eigenvalue weighted by Gasteiger charge is -2.14. The maximum Gasteiger partial charge on any atom is 0.272 e. The lowest BCUT2D eigenvalue weighted by molar-refractivity contribution is 0.0942. The van der Waals surface area contributed by atoms with E-state index in [4.69, 9.17) is 9.47 Å². The van der Waals surface area contributed by atoms with E-state index in [1.807, 2.05) is 0 Å². The number of carbonyl (C=O) groups is 2. The summed E-state index contributed by atoms with van der Waals surface area (Å²) in [5.74, 6) is -2.04. The van der Waals surface area contributed by atoms with Crippen LogP contribution < -0.4 is 20.1 Å². The minimum atomic E-state index is -0.815. The molecule has 0 spiro atoms. The summed E-state index contributed by atoms with van der Waals surface area (Å²) in [6.45, 7) is 0.178. The van der Waals surface area contributed by atoms with E-state index in [1.165, 1.54) is 14.2 Å². The van der Waals surface area contributed by atoms with Crippen LogP contribution in [0.5, 0.6) is 11.6 Å². The van der Waals surface area contributed by atoms with Crippen LogP contribution in [0.1, 0.15) is 39.3 Å². The molecule has 0 atom stereocenters. The van der Waals surface area contributed by atoms with Crippen molar-refractivity contribution in [3.05, 3.63) is 71.1 Å². The average Bonchev–Trinajstić information content (AvgIpc) is 3.66. The van der Waals surface area contributed by atoms with Gasteiger partial charge >= 0.3 is 0 Å². The summed E-state index contributed by atoms with van der Waals surface area (Å²) >= 11 is 0. The maximum absolute atomic E-state index is 14.4. The lowest BCUT2D eigenvalue weighted by Crippen LogP contribution is -2.24. The van der Waals surface area contributed by atoms with Crippen molar-refractivity contribution in [1.82, 2.24) is 25.8 Å². The van der Waals surface area contributed by atoms with Gasteiger partial charge in [0.2, 0.25) is 5.88 Å². The number of aromatic nitrogens is 3. The molecule has 2 aromatic heterocycles. The molecule has 38 heavy (non-hydrogen) atoms. The number of aromatic amines is 1. The van der Waals surface area contributed by atoms with Gasteiger partial charge in [0.15, 0.2) is 17.3 Å². The van der Waals surface area contributed by atoms with E-state index < -0.39 is 17.5 Å². The summed E-state index contributed by atoms with van der Waals surface area (Å²) in [5, 5.41) is 12.8. The van der Waals surface area contributed by atoms with Gasteiger partial charge in [-0.3, -0.25) is 14.7 Å². The Morgan fingerprint density at radius 3 is 2.66 bits per heavy atom. The summed E-state index contributed by atoms with van der Waals surface area (Å²) in [7, 11) is 2.92. The first kappa shape index (κ1) is 25.1. The molecular formula is C27H25F2N5O4. The number of halogens is 2. The number of H-pyrrole nitrogens is 1. The standard InChI is InChI=1S/C27H25F2N5O4/c1-30-26(36)23-19-6-5-15(9-22(19)33-34-23)16-8-20(27(37-2)32-11-16)25(35)31-12-17-7-18(28)10-21(29)24(17)38-13-14-3-4-14/h5-11,14H,3-4,12-13H2,1-2H3,(H,30,36)(H,31,35)(H,33,34). The van der Waals surface area contributed by atoms with E-state index in [-0.39, 0.29) is 40.9 Å². The van der Waals surface area contributed by atoms with Crippen molar-refractivity contribution in [1.29, 1.82) is 0 Å². The number of hydrogen-bond donors (Lipinski definition) is 3. The van der Waals surface area contributed by atoms with Crippen molar-refractivity contribution in [2.75, 3.05) is 20.8 Å². The Kier molecular flexibility index (Phi) is 6.91. The van der Waals surface area contributed by atoms with Crippen LogP contribution in [0.4, 0.5) is 8.78 Å². The number of rotatable bonds is 9. The molecule has 1 aliphatic rings. The number of ether oxygens (including phenoxy) is 2. The van der Waals surface area contributed by atoms with Gasteiger partial charge in [0.05, 0.1) is 19.2 Å². The van der Waals surface area contributed by atoms with Crippen molar-refractivity contribution in [3.63, 3.8) is 0 Å². The molecule has 9 nitrogen and oxygen atoms in total. The molecule has 1 saturated carbocycles. The Bertz CT molecular complexity index is 1530. The number of carbonyl (C=O) groups excluding carboxylic acids is 2. The van der Waals surface area contributed by atoms with Crippen molar-refractivity contribution >= 4 is 22.7 Å². The van der Waals surface area contributed by atoms with Crippen LogP contribution in [0.15, 0.2) is 42.6 Å². The van der Waals surface area contributed by atoms with Gasteiger partial charge in [-0.1, -0.05) is 6.07 Å². The molecule has 11 heteroatoms. The summed E-state index contributed by atoms with van der Waals surface area (Å²) in [5.41, 5.74) is 2.57. The van der Waals surface area contributed by atoms with Crippen LogP contribution in [0.2, 0.25) is 0 Å². The van der Waals surface area contributed by atoms with E-state index in [1.54, 1.807) is 30.5 Å². The van der Waals surface area contributed by atoms with Crippen LogP contribution in [0.25, 0.3) is 22.0 Å². The van der Waals surface area contributed by atoms with Gasteiger partial charge in [-0.15, -0.1) is 0 Å². The zero-order valence-electron chi connectivity index (χ0n) is 20.7. The second kappa shape index (κ2) is 10.4. The predicted molar refractivity (Wildman–Crippen MR) is 135 cm³/mol. The van der Waals surface area contributed by atoms with Crippen molar-refractivity contribution in [2.24, 2.45) is 5.92 Å². The van der Waals surface area contributed by atoms with Gasteiger partial charge in [-0.2, -0.15) is 5.10 Å². The van der Waals surface area contributed by atoms with E-state index >= 15 is 0 Å². The second-order valence-corrected chi connectivity index (χ2v) is 9.01. The van der Waals surface area contributed by atoms with Crippen molar-refractivity contribution in [2.45, 2.75) is 19.4 Å². The Hall–Kier alpha value is -4.54. The third-order valence-corrected chi connectivity index (χ3v) is 6.31. The smallest absolute Gasteiger partial charge is 0.272 e. The summed E-state index contributed by atoms with van der Waals surface area (Å²) in [4.78, 5) is 29.4. The Balaban J connectivity index is 1.39. The zero-order chi connectivity index (χ0) is 26.8. The number of methoxy groups -OCH3 is 1. The highest BCUT2D eigenvalue weighted by Crippen LogP contribution is 2.32. The first-order valence-corrected chi connectivity index (χ1v) is 12.0. The van der Waals surface area contributed by atoms with Gasteiger partial charge in [0.25, 0.3) is 11.8 Å². The molecule has 5 rings (SSSR count). The molecule has 2 heterocycles. The number of pyridine rings is 1. The Labute approximate surface area is 216 Å². The van der Waals surface area contributed by atoms with Gasteiger partial charge in [-0.25, -0.2) is 13.8 Å². The second-order valence-electron chi connectivity index (χ2n) is 9.01. The van der Waals surface area contributed by atoms with E-state index in [9.17, 15) is 18.4 Å². The number of benzene rings is 2. The fourth-order valence-corrected chi connectivity index (χ4v) is 4.09. The summed E-state index contributed by atoms with van der Waals surface area (Å²) in [6, 6.07) is 8.84. The molecule has 0 saturated heterocycles. The van der Waals surface area contributed by atoms with Crippen LogP contribution in [-0.2, 0) is 6.54 Å². The van der Waals surface area contributed by atoms with Crippen LogP contribution in [0.3, 0.4) is 0 Å². The quantitative estimate of drug-likeness (QED) is 0.307. The van der Waals surface area contributed by atoms with E-state index in [0.29, 0.717) is 29.0 Å². The highest BCUT2D eigenvalue weighted by atomic mass is 19.1. The SMILES string of the molecule is CNC(=O)c1n[nH]c2cc(-c3cnc(OC)c(C(=O)NCc4cc(F)cc(F)c4OCC4CC4)c3)ccc12. The molecule has 2 amide bonds. The molecule has 0 radical (unpaired) electrons. The molecule has 3 N–H and O–H groups in total. The number of fused-ring (bicyclic) bond motifs is 1. The number of amides is 2. The number of nitrogens with zero attached hydrogens (tertiary/aromatic N) is 2. The topological polar surface area (TPSA) is 118 Å². The number of hydrogen-bond acceptors (Lipinski definition) is 6. The van der Waals surface area contributed by atoms with E-state index in [2.05, 4.69) is 25.8 Å². The van der Waals surface area contributed by atoms with Gasteiger partial charge in [-0.05, 0) is 48.6 Å². The minimum absolute atomic E-state index is 0.0681. The fraction of sp³-hybridized carbons (Fsp3) is 0.259. The fourth-order valence-electron chi connectivity index (χ4n) is 4.09. The van der Waals surface area contributed by atoms with Crippen molar-refractivity contribution < 1.29 is 27.8 Å². The molecule has 1 aliphatic carbocycles. The average molecular weight is 522 g/mol. The summed E-state index contributed by atoms with van der Waals surface area (Å²) in [6.07, 6.45) is 3.58. The molecule has 0 aliphatic heterocycles. The highest BCUT2D eigenvalue weighted by molar-refractivity contribution is 6.05. The molecule has 2 aromatic carbocycles. The molecule has 0 unspecified atom stereocenters. The Morgan fingerprint density at radius 1 is 1.11 bits per heavy atom. The molecule has 196 valence electrons. The normalized spacial score (nSPS) is 12.8. The number of nitrogens with one attached hydrogen (secondary N) is 3. The van der Waals surface area contributed by atoms with Crippen LogP contribution >= 0.6 is 0 Å². The zero-order valence-corrected chi connectivity index (χ0v) is 20.7. The largest absolute Gasteiger partial charge is 0.490 e. The van der Waals surface area contributed by atoms with Crippen LogP contribution in [0, 0.1) is 17.6 Å². The first-order chi connectivity index (χ1) is 18.4. The first-order valence-electron chi connectivity index (χ1n) is 12.0. The highest BCUT2D eigenvalue weighted by Gasteiger charge is 2.24. The monoisotopic (exact) mass is 521 g/mol. The molecular weight excluding hydrogens is 496 g/mol. The lowest BCUT2D eigenvalue weighted by atomic mass is 10.0. The van der Waals surface area contributed by atoms with Crippen LogP contribution in [-0.4, -0.2) is 47.8 Å². The van der Waals surface area contributed by atoms with Gasteiger partial charge in [0.1, 0.15) is 11.4 Å². The van der Waals surface area contributed by atoms with Crippen molar-refractivity contribution in [3.8, 4) is 22.8 Å². The van der Waals surface area contributed by atoms with Gasteiger partial charge < -0.3 is 20.1 Å². The molecule has 4 aromatic rings.